The Bertz CT molecular complexity index is 1070. The normalized spacial score (nSPS) is 19.6. The number of likely N-dealkylation sites (tertiary alicyclic amines) is 1. The molecule has 2 atom stereocenters. The highest BCUT2D eigenvalue weighted by Crippen LogP contribution is 2.44. The fourth-order valence-corrected chi connectivity index (χ4v) is 5.36. The third kappa shape index (κ3) is 5.34. The van der Waals surface area contributed by atoms with E-state index in [1.165, 1.54) is 11.1 Å². The number of carbonyl (C=O) groups is 3. The zero-order valence-electron chi connectivity index (χ0n) is 20.6. The number of carboxylic acid groups (broad SMARTS) is 1. The van der Waals surface area contributed by atoms with Gasteiger partial charge in [-0.2, -0.15) is 0 Å². The van der Waals surface area contributed by atoms with Gasteiger partial charge in [-0.3, -0.25) is 9.59 Å². The molecule has 186 valence electrons. The molecule has 1 fully saturated rings. The molecule has 0 aromatic heterocycles. The minimum Gasteiger partial charge on any atom is -0.481 e. The second-order valence-electron chi connectivity index (χ2n) is 10.4. The fourth-order valence-electron chi connectivity index (χ4n) is 5.36. The predicted molar refractivity (Wildman–Crippen MR) is 133 cm³/mol. The van der Waals surface area contributed by atoms with Crippen molar-refractivity contribution in [2.24, 2.45) is 11.3 Å². The van der Waals surface area contributed by atoms with E-state index in [9.17, 15) is 19.5 Å². The molecular weight excluding hydrogens is 444 g/mol. The number of ether oxygens (including phenoxy) is 1. The summed E-state index contributed by atoms with van der Waals surface area (Å²) >= 11 is 0. The van der Waals surface area contributed by atoms with Crippen LogP contribution >= 0.6 is 0 Å². The van der Waals surface area contributed by atoms with Crippen LogP contribution < -0.4 is 5.32 Å². The SMILES string of the molecule is C[C@H]1[C@@H](C(=O)O)CCCN1C(=O)CC(C)(C)CNC(=O)OCC1c2ccccc2-c2ccccc21. The van der Waals surface area contributed by atoms with Gasteiger partial charge in [0.15, 0.2) is 0 Å². The minimum atomic E-state index is -0.855. The van der Waals surface area contributed by atoms with Crippen LogP contribution in [0.4, 0.5) is 4.79 Å². The number of hydrogen-bond donors (Lipinski definition) is 2. The molecule has 0 bridgehead atoms. The minimum absolute atomic E-state index is 0.00879. The van der Waals surface area contributed by atoms with Crippen LogP contribution in [0.25, 0.3) is 11.1 Å². The van der Waals surface area contributed by atoms with E-state index in [0.29, 0.717) is 19.4 Å². The first kappa shape index (κ1) is 24.8. The Kier molecular flexibility index (Phi) is 7.15. The molecule has 7 heteroatoms. The summed E-state index contributed by atoms with van der Waals surface area (Å²) in [5, 5.41) is 12.2. The van der Waals surface area contributed by atoms with Crippen molar-refractivity contribution in [2.45, 2.75) is 52.0 Å². The fraction of sp³-hybridized carbons (Fsp3) is 0.464. The third-order valence-electron chi connectivity index (χ3n) is 7.31. The molecule has 2 aliphatic rings. The number of nitrogens with zero attached hydrogens (tertiary/aromatic N) is 1. The predicted octanol–water partition coefficient (Wildman–Crippen LogP) is 4.65. The van der Waals surface area contributed by atoms with Crippen LogP contribution in [0.3, 0.4) is 0 Å². The van der Waals surface area contributed by atoms with Gasteiger partial charge in [-0.05, 0) is 47.4 Å². The Morgan fingerprint density at radius 1 is 1.06 bits per heavy atom. The summed E-state index contributed by atoms with van der Waals surface area (Å²) in [5.41, 5.74) is 4.16. The maximum atomic E-state index is 13.0. The number of fused-ring (bicyclic) bond motifs is 3. The Hall–Kier alpha value is -3.35. The second-order valence-corrected chi connectivity index (χ2v) is 10.4. The van der Waals surface area contributed by atoms with Gasteiger partial charge in [-0.1, -0.05) is 62.4 Å². The molecule has 0 radical (unpaired) electrons. The number of aliphatic carboxylic acids is 1. The lowest BCUT2D eigenvalue weighted by Gasteiger charge is -2.39. The molecule has 0 unspecified atom stereocenters. The number of carbonyl (C=O) groups excluding carboxylic acids is 2. The highest BCUT2D eigenvalue weighted by atomic mass is 16.5. The van der Waals surface area contributed by atoms with E-state index in [2.05, 4.69) is 29.6 Å². The standard InChI is InChI=1S/C28H34N2O5/c1-18-19(26(32)33)13-8-14-30(18)25(31)15-28(2,3)17-29-27(34)35-16-24-22-11-6-4-9-20(22)21-10-5-7-12-23(21)24/h4-7,9-12,18-19,24H,8,13-17H2,1-3H3,(H,29,34)(H,32,33)/t18-,19-/m0/s1. The maximum Gasteiger partial charge on any atom is 0.407 e. The van der Waals surface area contributed by atoms with Crippen molar-refractivity contribution in [1.29, 1.82) is 0 Å². The summed E-state index contributed by atoms with van der Waals surface area (Å²) in [6.45, 7) is 6.72. The van der Waals surface area contributed by atoms with Crippen molar-refractivity contribution in [3.63, 3.8) is 0 Å². The third-order valence-corrected chi connectivity index (χ3v) is 7.31. The van der Waals surface area contributed by atoms with Crippen LogP contribution in [0.15, 0.2) is 48.5 Å². The summed E-state index contributed by atoms with van der Waals surface area (Å²) in [5.74, 6) is -1.48. The Labute approximate surface area is 206 Å². The number of hydrogen-bond acceptors (Lipinski definition) is 4. The molecule has 2 amide bonds. The van der Waals surface area contributed by atoms with Gasteiger partial charge in [0.05, 0.1) is 5.92 Å². The topological polar surface area (TPSA) is 95.9 Å². The number of benzene rings is 2. The van der Waals surface area contributed by atoms with E-state index in [1.807, 2.05) is 38.1 Å². The molecule has 1 saturated heterocycles. The first-order valence-electron chi connectivity index (χ1n) is 12.3. The monoisotopic (exact) mass is 478 g/mol. The summed E-state index contributed by atoms with van der Waals surface area (Å²) in [6, 6.07) is 16.0. The van der Waals surface area contributed by atoms with Crippen LogP contribution in [0.1, 0.15) is 57.1 Å². The van der Waals surface area contributed by atoms with Crippen molar-refractivity contribution in [3.05, 3.63) is 59.7 Å². The number of rotatable bonds is 7. The lowest BCUT2D eigenvalue weighted by atomic mass is 9.86. The Morgan fingerprint density at radius 3 is 2.26 bits per heavy atom. The summed E-state index contributed by atoms with van der Waals surface area (Å²) < 4.78 is 5.60. The number of alkyl carbamates (subject to hydrolysis) is 1. The van der Waals surface area contributed by atoms with Gasteiger partial charge in [0.25, 0.3) is 0 Å². The largest absolute Gasteiger partial charge is 0.481 e. The van der Waals surface area contributed by atoms with Crippen LogP contribution in [0.2, 0.25) is 0 Å². The van der Waals surface area contributed by atoms with E-state index < -0.39 is 23.4 Å². The van der Waals surface area contributed by atoms with E-state index in [1.54, 1.807) is 11.8 Å². The zero-order valence-corrected chi connectivity index (χ0v) is 20.6. The number of piperidine rings is 1. The number of amides is 2. The van der Waals surface area contributed by atoms with Crippen molar-refractivity contribution in [3.8, 4) is 11.1 Å². The highest BCUT2D eigenvalue weighted by molar-refractivity contribution is 5.80. The van der Waals surface area contributed by atoms with Crippen molar-refractivity contribution in [2.75, 3.05) is 19.7 Å². The van der Waals surface area contributed by atoms with Crippen LogP contribution in [-0.2, 0) is 14.3 Å². The quantitative estimate of drug-likeness (QED) is 0.604. The summed E-state index contributed by atoms with van der Waals surface area (Å²) in [4.78, 5) is 38.7. The average Bonchev–Trinajstić information content (AvgIpc) is 3.15. The first-order valence-corrected chi connectivity index (χ1v) is 12.3. The molecule has 0 saturated carbocycles. The van der Waals surface area contributed by atoms with Gasteiger partial charge in [0.2, 0.25) is 5.91 Å². The summed E-state index contributed by atoms with van der Waals surface area (Å²) in [7, 11) is 0. The molecular formula is C28H34N2O5. The van der Waals surface area contributed by atoms with Gasteiger partial charge in [-0.15, -0.1) is 0 Å². The molecule has 1 heterocycles. The molecule has 2 aromatic carbocycles. The van der Waals surface area contributed by atoms with Crippen molar-refractivity contribution < 1.29 is 24.2 Å². The van der Waals surface area contributed by atoms with Gasteiger partial charge in [0.1, 0.15) is 6.61 Å². The van der Waals surface area contributed by atoms with Gasteiger partial charge >= 0.3 is 12.1 Å². The van der Waals surface area contributed by atoms with E-state index in [4.69, 9.17) is 4.74 Å². The lowest BCUT2D eigenvalue weighted by Crippen LogP contribution is -2.50. The van der Waals surface area contributed by atoms with E-state index >= 15 is 0 Å². The summed E-state index contributed by atoms with van der Waals surface area (Å²) in [6.07, 6.45) is 0.982. The van der Waals surface area contributed by atoms with Crippen LogP contribution in [0.5, 0.6) is 0 Å². The molecule has 2 aromatic rings. The van der Waals surface area contributed by atoms with Crippen molar-refractivity contribution >= 4 is 18.0 Å². The average molecular weight is 479 g/mol. The molecule has 0 spiro atoms. The van der Waals surface area contributed by atoms with Crippen molar-refractivity contribution in [1.82, 2.24) is 10.2 Å². The smallest absolute Gasteiger partial charge is 0.407 e. The molecule has 2 N–H and O–H groups in total. The van der Waals surface area contributed by atoms with Gasteiger partial charge in [0, 0.05) is 31.5 Å². The Morgan fingerprint density at radius 2 is 1.66 bits per heavy atom. The highest BCUT2D eigenvalue weighted by Gasteiger charge is 2.37. The molecule has 4 rings (SSSR count). The Balaban J connectivity index is 1.30. The maximum absolute atomic E-state index is 13.0. The molecule has 1 aliphatic carbocycles. The van der Waals surface area contributed by atoms with Crippen LogP contribution in [-0.4, -0.2) is 53.7 Å². The molecule has 1 aliphatic heterocycles. The second kappa shape index (κ2) is 10.1. The lowest BCUT2D eigenvalue weighted by molar-refractivity contribution is -0.149. The molecule has 7 nitrogen and oxygen atoms in total. The van der Waals surface area contributed by atoms with E-state index in [0.717, 1.165) is 11.1 Å². The number of nitrogens with one attached hydrogen (secondary N) is 1. The molecule has 35 heavy (non-hydrogen) atoms. The van der Waals surface area contributed by atoms with Crippen LogP contribution in [0, 0.1) is 11.3 Å². The van der Waals surface area contributed by atoms with Gasteiger partial charge in [-0.25, -0.2) is 4.79 Å². The first-order chi connectivity index (χ1) is 16.7. The van der Waals surface area contributed by atoms with Gasteiger partial charge < -0.3 is 20.1 Å². The number of carboxylic acids is 1. The zero-order chi connectivity index (χ0) is 25.2. The van der Waals surface area contributed by atoms with E-state index in [-0.39, 0.29) is 37.4 Å².